The maximum Gasteiger partial charge on any atom is 0.308 e. The molecule has 0 radical (unpaired) electrons. The lowest BCUT2D eigenvalue weighted by atomic mass is 10.1. The van der Waals surface area contributed by atoms with Crippen LogP contribution in [0.3, 0.4) is 0 Å². The van der Waals surface area contributed by atoms with Crippen molar-refractivity contribution in [1.29, 1.82) is 0 Å². The molecule has 1 rings (SSSR count). The summed E-state index contributed by atoms with van der Waals surface area (Å²) in [6.07, 6.45) is 0.810. The number of hydrogen-bond donors (Lipinski definition) is 0. The number of methoxy groups -OCH3 is 2. The Bertz CT molecular complexity index is 345. The molecule has 0 fully saturated rings. The molecule has 0 aliphatic heterocycles. The molecule has 1 atom stereocenters. The zero-order valence-electron chi connectivity index (χ0n) is 10.4. The number of carbonyl (C=O) groups excluding carboxylic acids is 1. The number of rotatable bonds is 6. The minimum Gasteiger partial charge on any atom is -0.427 e. The van der Waals surface area contributed by atoms with Crippen LogP contribution in [0, 0.1) is 0 Å². The van der Waals surface area contributed by atoms with Gasteiger partial charge in [-0.3, -0.25) is 4.79 Å². The molecule has 0 saturated heterocycles. The van der Waals surface area contributed by atoms with Crippen molar-refractivity contribution in [2.45, 2.75) is 19.4 Å². The molecule has 94 valence electrons. The molecule has 0 amide bonds. The third kappa shape index (κ3) is 4.97. The molecule has 0 heterocycles. The summed E-state index contributed by atoms with van der Waals surface area (Å²) in [5, 5.41) is 0. The van der Waals surface area contributed by atoms with E-state index in [-0.39, 0.29) is 12.1 Å². The van der Waals surface area contributed by atoms with E-state index in [1.54, 1.807) is 26.4 Å². The quantitative estimate of drug-likeness (QED) is 0.560. The topological polar surface area (TPSA) is 44.8 Å². The van der Waals surface area contributed by atoms with E-state index in [1.165, 1.54) is 6.92 Å². The highest BCUT2D eigenvalue weighted by atomic mass is 16.5. The molecule has 0 aromatic heterocycles. The first-order valence-electron chi connectivity index (χ1n) is 5.44. The van der Waals surface area contributed by atoms with Crippen LogP contribution in [0.4, 0.5) is 0 Å². The van der Waals surface area contributed by atoms with Gasteiger partial charge in [0.25, 0.3) is 0 Å². The molecule has 0 N–H and O–H groups in total. The highest BCUT2D eigenvalue weighted by Crippen LogP contribution is 2.14. The Morgan fingerprint density at radius 3 is 2.35 bits per heavy atom. The normalized spacial score (nSPS) is 12.2. The second-order valence-corrected chi connectivity index (χ2v) is 3.75. The highest BCUT2D eigenvalue weighted by Gasteiger charge is 2.08. The van der Waals surface area contributed by atoms with Crippen molar-refractivity contribution in [2.75, 3.05) is 20.8 Å². The second-order valence-electron chi connectivity index (χ2n) is 3.75. The van der Waals surface area contributed by atoms with E-state index in [2.05, 4.69) is 0 Å². The van der Waals surface area contributed by atoms with Gasteiger partial charge in [-0.05, 0) is 17.7 Å². The summed E-state index contributed by atoms with van der Waals surface area (Å²) >= 11 is 0. The standard InChI is InChI=1S/C13H18O4/c1-10(14)17-12-6-4-11(5-7-12)8-13(16-3)9-15-2/h4-7,13H,8-9H2,1-3H3. The van der Waals surface area contributed by atoms with Crippen molar-refractivity contribution < 1.29 is 19.0 Å². The van der Waals surface area contributed by atoms with E-state index in [0.29, 0.717) is 12.4 Å². The number of ether oxygens (including phenoxy) is 3. The van der Waals surface area contributed by atoms with Gasteiger partial charge in [-0.2, -0.15) is 0 Å². The maximum absolute atomic E-state index is 10.7. The van der Waals surface area contributed by atoms with Gasteiger partial charge < -0.3 is 14.2 Å². The minimum atomic E-state index is -0.313. The van der Waals surface area contributed by atoms with E-state index in [0.717, 1.165) is 12.0 Å². The van der Waals surface area contributed by atoms with Crippen LogP contribution >= 0.6 is 0 Å². The molecule has 0 spiro atoms. The summed E-state index contributed by atoms with van der Waals surface area (Å²) in [5.74, 6) is 0.244. The van der Waals surface area contributed by atoms with Crippen LogP contribution in [0.5, 0.6) is 5.75 Å². The van der Waals surface area contributed by atoms with Crippen LogP contribution in [0.15, 0.2) is 24.3 Å². The predicted octanol–water partition coefficient (Wildman–Crippen LogP) is 1.82. The Morgan fingerprint density at radius 2 is 1.88 bits per heavy atom. The van der Waals surface area contributed by atoms with Gasteiger partial charge in [0.15, 0.2) is 0 Å². The summed E-state index contributed by atoms with van der Waals surface area (Å²) in [6, 6.07) is 7.38. The van der Waals surface area contributed by atoms with Gasteiger partial charge in [-0.15, -0.1) is 0 Å². The summed E-state index contributed by atoms with van der Waals surface area (Å²) < 4.78 is 15.3. The zero-order valence-corrected chi connectivity index (χ0v) is 10.4. The minimum absolute atomic E-state index is 0.0413. The molecular weight excluding hydrogens is 220 g/mol. The fraction of sp³-hybridized carbons (Fsp3) is 0.462. The molecule has 4 nitrogen and oxygen atoms in total. The molecule has 0 aliphatic carbocycles. The molecule has 0 bridgehead atoms. The lowest BCUT2D eigenvalue weighted by molar-refractivity contribution is -0.131. The molecule has 0 aliphatic rings. The van der Waals surface area contributed by atoms with Crippen LogP contribution in [-0.2, 0) is 20.7 Å². The summed E-state index contributed by atoms with van der Waals surface area (Å²) in [4.78, 5) is 10.7. The average molecular weight is 238 g/mol. The van der Waals surface area contributed by atoms with Crippen molar-refractivity contribution >= 4 is 5.97 Å². The van der Waals surface area contributed by atoms with Crippen molar-refractivity contribution in [1.82, 2.24) is 0 Å². The first-order chi connectivity index (χ1) is 8.15. The number of benzene rings is 1. The summed E-state index contributed by atoms with van der Waals surface area (Å²) in [7, 11) is 3.31. The van der Waals surface area contributed by atoms with E-state index in [1.807, 2.05) is 12.1 Å². The Hall–Kier alpha value is -1.39. The third-order valence-corrected chi connectivity index (χ3v) is 2.33. The van der Waals surface area contributed by atoms with Gasteiger partial charge in [-0.25, -0.2) is 0 Å². The SMILES string of the molecule is COCC(Cc1ccc(OC(C)=O)cc1)OC. The van der Waals surface area contributed by atoms with Gasteiger partial charge in [0.2, 0.25) is 0 Å². The van der Waals surface area contributed by atoms with Crippen molar-refractivity contribution in [3.8, 4) is 5.75 Å². The number of carbonyl (C=O) groups is 1. The summed E-state index contributed by atoms with van der Waals surface area (Å²) in [5.41, 5.74) is 1.12. The number of esters is 1. The third-order valence-electron chi connectivity index (χ3n) is 2.33. The lowest BCUT2D eigenvalue weighted by Gasteiger charge is -2.14. The lowest BCUT2D eigenvalue weighted by Crippen LogP contribution is -2.20. The van der Waals surface area contributed by atoms with Crippen molar-refractivity contribution in [3.05, 3.63) is 29.8 Å². The fourth-order valence-corrected chi connectivity index (χ4v) is 1.52. The van der Waals surface area contributed by atoms with Crippen LogP contribution < -0.4 is 4.74 Å². The van der Waals surface area contributed by atoms with Gasteiger partial charge in [-0.1, -0.05) is 12.1 Å². The maximum atomic E-state index is 10.7. The van der Waals surface area contributed by atoms with E-state index < -0.39 is 0 Å². The molecule has 1 aromatic carbocycles. The van der Waals surface area contributed by atoms with E-state index >= 15 is 0 Å². The average Bonchev–Trinajstić information content (AvgIpc) is 2.30. The monoisotopic (exact) mass is 238 g/mol. The smallest absolute Gasteiger partial charge is 0.308 e. The molecule has 0 saturated carbocycles. The molecular formula is C13H18O4. The van der Waals surface area contributed by atoms with Crippen molar-refractivity contribution in [2.24, 2.45) is 0 Å². The predicted molar refractivity (Wildman–Crippen MR) is 64.1 cm³/mol. The summed E-state index contributed by atoms with van der Waals surface area (Å²) in [6.45, 7) is 1.94. The van der Waals surface area contributed by atoms with Gasteiger partial charge in [0, 0.05) is 27.6 Å². The van der Waals surface area contributed by atoms with Crippen LogP contribution in [-0.4, -0.2) is 32.9 Å². The Kier molecular flexibility index (Phi) is 5.66. The Morgan fingerprint density at radius 1 is 1.24 bits per heavy atom. The fourth-order valence-electron chi connectivity index (χ4n) is 1.52. The second kappa shape index (κ2) is 7.04. The van der Waals surface area contributed by atoms with Gasteiger partial charge in [0.05, 0.1) is 12.7 Å². The molecule has 17 heavy (non-hydrogen) atoms. The van der Waals surface area contributed by atoms with E-state index in [4.69, 9.17) is 14.2 Å². The van der Waals surface area contributed by atoms with Crippen LogP contribution in [0.2, 0.25) is 0 Å². The van der Waals surface area contributed by atoms with Crippen LogP contribution in [0.1, 0.15) is 12.5 Å². The molecule has 4 heteroatoms. The molecule has 1 aromatic rings. The van der Waals surface area contributed by atoms with E-state index in [9.17, 15) is 4.79 Å². The largest absolute Gasteiger partial charge is 0.427 e. The Labute approximate surface area is 101 Å². The number of hydrogen-bond acceptors (Lipinski definition) is 4. The zero-order chi connectivity index (χ0) is 12.7. The van der Waals surface area contributed by atoms with Gasteiger partial charge in [0.1, 0.15) is 5.75 Å². The van der Waals surface area contributed by atoms with Crippen LogP contribution in [0.25, 0.3) is 0 Å². The highest BCUT2D eigenvalue weighted by molar-refractivity contribution is 5.69. The first kappa shape index (κ1) is 13.7. The van der Waals surface area contributed by atoms with Gasteiger partial charge >= 0.3 is 5.97 Å². The Balaban J connectivity index is 2.57. The molecule has 1 unspecified atom stereocenters. The van der Waals surface area contributed by atoms with Crippen molar-refractivity contribution in [3.63, 3.8) is 0 Å². The first-order valence-corrected chi connectivity index (χ1v) is 5.44.